The highest BCUT2D eigenvalue weighted by molar-refractivity contribution is 7.99. The fourth-order valence-electron chi connectivity index (χ4n) is 1.19. The van der Waals surface area contributed by atoms with Crippen molar-refractivity contribution >= 4 is 23.1 Å². The van der Waals surface area contributed by atoms with E-state index in [1.54, 1.807) is 18.3 Å². The maximum absolute atomic E-state index is 9.51. The molecule has 2 nitrogen and oxygen atoms in total. The molecule has 0 aliphatic heterocycles. The first-order chi connectivity index (χ1) is 6.79. The molecular weight excluding hydrogens is 226 g/mol. The van der Waals surface area contributed by atoms with E-state index >= 15 is 0 Å². The van der Waals surface area contributed by atoms with E-state index in [1.165, 1.54) is 0 Å². The first kappa shape index (κ1) is 13.0. The van der Waals surface area contributed by atoms with Gasteiger partial charge >= 0.3 is 0 Å². The molecule has 1 aromatic heterocycles. The van der Waals surface area contributed by atoms with E-state index < -0.39 is 6.10 Å². The van der Waals surface area contributed by atoms with Gasteiger partial charge in [-0.1, -0.05) is 20.8 Å². The van der Waals surface area contributed by atoms with Gasteiger partial charge in [0.05, 0.1) is 16.7 Å². The number of hydrogen-bond donors (Lipinski definition) is 1. The Morgan fingerprint density at radius 3 is 2.47 bits per heavy atom. The smallest absolute Gasteiger partial charge is 0.103 e. The van der Waals surface area contributed by atoms with Crippen LogP contribution in [0.5, 0.6) is 0 Å². The predicted molar refractivity (Wildman–Crippen MR) is 68.5 cm³/mol. The number of thiazole rings is 1. The summed E-state index contributed by atoms with van der Waals surface area (Å²) in [5.41, 5.74) is 0.972. The molecule has 0 saturated carbocycles. The molecule has 0 fully saturated rings. The average molecular weight is 245 g/mol. The summed E-state index contributed by atoms with van der Waals surface area (Å²) in [4.78, 5) is 5.47. The minimum absolute atomic E-state index is 0.268. The lowest BCUT2D eigenvalue weighted by Gasteiger charge is -2.16. The molecule has 0 aliphatic rings. The fraction of sp³-hybridized carbons (Fsp3) is 0.727. The second-order valence-corrected chi connectivity index (χ2v) is 7.55. The van der Waals surface area contributed by atoms with Crippen LogP contribution in [-0.4, -0.2) is 14.8 Å². The van der Waals surface area contributed by atoms with Gasteiger partial charge in [0.2, 0.25) is 0 Å². The Kier molecular flexibility index (Phi) is 4.20. The summed E-state index contributed by atoms with van der Waals surface area (Å²) in [6.45, 7) is 10.4. The van der Waals surface area contributed by atoms with Crippen LogP contribution in [0.1, 0.15) is 49.4 Å². The molecule has 0 spiro atoms. The molecule has 0 bridgehead atoms. The van der Waals surface area contributed by atoms with Crippen LogP contribution in [0.25, 0.3) is 0 Å². The van der Waals surface area contributed by atoms with Gasteiger partial charge in [0.15, 0.2) is 0 Å². The third-order valence-electron chi connectivity index (χ3n) is 1.88. The molecular formula is C11H19NOS2. The fourth-order valence-corrected chi connectivity index (χ4v) is 3.03. The summed E-state index contributed by atoms with van der Waals surface area (Å²) in [5, 5.41) is 10.6. The zero-order chi connectivity index (χ0) is 11.6. The van der Waals surface area contributed by atoms with Gasteiger partial charge in [0, 0.05) is 10.5 Å². The van der Waals surface area contributed by atoms with Crippen LogP contribution >= 0.6 is 23.1 Å². The van der Waals surface area contributed by atoms with E-state index in [0.717, 1.165) is 21.3 Å². The molecule has 1 unspecified atom stereocenters. The highest BCUT2D eigenvalue weighted by Gasteiger charge is 2.15. The number of aliphatic hydroxyl groups is 1. The van der Waals surface area contributed by atoms with Gasteiger partial charge in [-0.25, -0.2) is 4.98 Å². The monoisotopic (exact) mass is 245 g/mol. The van der Waals surface area contributed by atoms with Crippen molar-refractivity contribution in [2.24, 2.45) is 0 Å². The van der Waals surface area contributed by atoms with Crippen molar-refractivity contribution in [3.8, 4) is 0 Å². The van der Waals surface area contributed by atoms with Crippen molar-refractivity contribution in [2.75, 3.05) is 0 Å². The highest BCUT2D eigenvalue weighted by Crippen LogP contribution is 2.31. The number of rotatable bonds is 3. The molecule has 15 heavy (non-hydrogen) atoms. The van der Waals surface area contributed by atoms with Gasteiger partial charge in [-0.15, -0.1) is 23.1 Å². The largest absolute Gasteiger partial charge is 0.388 e. The molecule has 0 amide bonds. The maximum atomic E-state index is 9.51. The molecule has 4 heteroatoms. The van der Waals surface area contributed by atoms with Gasteiger partial charge in [-0.05, 0) is 13.8 Å². The molecule has 86 valence electrons. The van der Waals surface area contributed by atoms with Gasteiger partial charge < -0.3 is 5.11 Å². The number of aryl methyl sites for hydroxylation is 1. The molecule has 0 aliphatic carbocycles. The van der Waals surface area contributed by atoms with Crippen molar-refractivity contribution in [1.29, 1.82) is 0 Å². The van der Waals surface area contributed by atoms with Gasteiger partial charge in [-0.3, -0.25) is 0 Å². The van der Waals surface area contributed by atoms with Crippen molar-refractivity contribution in [3.05, 3.63) is 15.6 Å². The van der Waals surface area contributed by atoms with Crippen molar-refractivity contribution < 1.29 is 5.11 Å². The van der Waals surface area contributed by atoms with E-state index in [9.17, 15) is 5.11 Å². The predicted octanol–water partition coefficient (Wildman–Crippen LogP) is 3.54. The Labute approximate surface area is 100 Å². The van der Waals surface area contributed by atoms with Crippen LogP contribution in [-0.2, 0) is 5.75 Å². The molecule has 0 saturated heterocycles. The Morgan fingerprint density at radius 2 is 2.07 bits per heavy atom. The Hall–Kier alpha value is -0.0600. The summed E-state index contributed by atoms with van der Waals surface area (Å²) in [5.74, 6) is 0.932. The number of nitrogens with zero attached hydrogens (tertiary/aromatic N) is 1. The van der Waals surface area contributed by atoms with E-state index in [1.807, 2.05) is 18.7 Å². The van der Waals surface area contributed by atoms with Crippen molar-refractivity contribution in [2.45, 2.75) is 51.2 Å². The quantitative estimate of drug-likeness (QED) is 0.884. The summed E-state index contributed by atoms with van der Waals surface area (Å²) in [6, 6.07) is 0. The lowest BCUT2D eigenvalue weighted by molar-refractivity contribution is 0.202. The van der Waals surface area contributed by atoms with E-state index in [4.69, 9.17) is 0 Å². The van der Waals surface area contributed by atoms with Crippen LogP contribution in [0.4, 0.5) is 0 Å². The Bertz CT molecular complexity index is 326. The molecule has 1 rings (SSSR count). The standard InChI is InChI=1S/C11H19NOS2/c1-7-10(8(2)13)15-9(12-7)6-14-11(3,4)5/h8,13H,6H2,1-5H3. The molecule has 1 atom stereocenters. The minimum Gasteiger partial charge on any atom is -0.388 e. The second-order valence-electron chi connectivity index (χ2n) is 4.63. The summed E-state index contributed by atoms with van der Waals surface area (Å²) in [7, 11) is 0. The zero-order valence-corrected chi connectivity index (χ0v) is 11.6. The molecule has 1 aromatic rings. The Morgan fingerprint density at radius 1 is 1.47 bits per heavy atom. The first-order valence-corrected chi connectivity index (χ1v) is 6.88. The number of hydrogen-bond acceptors (Lipinski definition) is 4. The summed E-state index contributed by atoms with van der Waals surface area (Å²) >= 11 is 3.51. The molecule has 0 aromatic carbocycles. The van der Waals surface area contributed by atoms with Gasteiger partial charge in [0.1, 0.15) is 5.01 Å². The lowest BCUT2D eigenvalue weighted by Crippen LogP contribution is -2.07. The number of thioether (sulfide) groups is 1. The average Bonchev–Trinajstić information content (AvgIpc) is 2.42. The van der Waals surface area contributed by atoms with Crippen LogP contribution in [0.2, 0.25) is 0 Å². The molecule has 0 radical (unpaired) electrons. The van der Waals surface area contributed by atoms with Crippen LogP contribution in [0, 0.1) is 6.92 Å². The van der Waals surface area contributed by atoms with Gasteiger partial charge in [-0.2, -0.15) is 0 Å². The van der Waals surface area contributed by atoms with E-state index in [-0.39, 0.29) is 4.75 Å². The topological polar surface area (TPSA) is 33.1 Å². The maximum Gasteiger partial charge on any atom is 0.103 e. The normalized spacial score (nSPS) is 14.3. The zero-order valence-electron chi connectivity index (χ0n) is 10.00. The number of aromatic nitrogens is 1. The van der Waals surface area contributed by atoms with Crippen molar-refractivity contribution in [3.63, 3.8) is 0 Å². The van der Waals surface area contributed by atoms with Crippen molar-refractivity contribution in [1.82, 2.24) is 4.98 Å². The highest BCUT2D eigenvalue weighted by atomic mass is 32.2. The molecule has 1 N–H and O–H groups in total. The number of aliphatic hydroxyl groups excluding tert-OH is 1. The third kappa shape index (κ3) is 4.13. The second kappa shape index (κ2) is 4.85. The van der Waals surface area contributed by atoms with Crippen LogP contribution in [0.3, 0.4) is 0 Å². The van der Waals surface area contributed by atoms with E-state index in [2.05, 4.69) is 25.8 Å². The first-order valence-electron chi connectivity index (χ1n) is 5.08. The SMILES string of the molecule is Cc1nc(CSC(C)(C)C)sc1C(C)O. The third-order valence-corrected chi connectivity index (χ3v) is 4.68. The minimum atomic E-state index is -0.393. The van der Waals surface area contributed by atoms with Crippen LogP contribution in [0.15, 0.2) is 0 Å². The lowest BCUT2D eigenvalue weighted by atomic mass is 10.3. The Balaban J connectivity index is 2.68. The van der Waals surface area contributed by atoms with Crippen LogP contribution < -0.4 is 0 Å². The molecule has 1 heterocycles. The summed E-state index contributed by atoms with van der Waals surface area (Å²) in [6.07, 6.45) is -0.393. The van der Waals surface area contributed by atoms with E-state index in [0.29, 0.717) is 0 Å². The van der Waals surface area contributed by atoms with Gasteiger partial charge in [0.25, 0.3) is 0 Å². The summed E-state index contributed by atoms with van der Waals surface area (Å²) < 4.78 is 0.268.